The molecule has 2 aromatic heterocycles. The van der Waals surface area contributed by atoms with Crippen molar-refractivity contribution in [3.63, 3.8) is 0 Å². The van der Waals surface area contributed by atoms with E-state index < -0.39 is 5.97 Å². The smallest absolute Gasteiger partial charge is 0.185 e. The summed E-state index contributed by atoms with van der Waals surface area (Å²) >= 11 is 1.66. The van der Waals surface area contributed by atoms with Crippen LogP contribution in [0.1, 0.15) is 16.3 Å². The van der Waals surface area contributed by atoms with E-state index in [-0.39, 0.29) is 5.76 Å². The number of furan rings is 1. The summed E-state index contributed by atoms with van der Waals surface area (Å²) in [5.41, 5.74) is 0. The van der Waals surface area contributed by atoms with Crippen molar-refractivity contribution in [1.82, 2.24) is 4.98 Å². The van der Waals surface area contributed by atoms with Crippen LogP contribution in [0.2, 0.25) is 0 Å². The molecule has 1 N–H and O–H groups in total. The van der Waals surface area contributed by atoms with Crippen LogP contribution in [0.5, 0.6) is 0 Å². The Balaban J connectivity index is 1.54. The van der Waals surface area contributed by atoms with E-state index in [9.17, 15) is 9.90 Å². The summed E-state index contributed by atoms with van der Waals surface area (Å²) in [5, 5.41) is 13.7. The number of aromatic nitrogens is 1. The molecule has 0 atom stereocenters. The Bertz CT molecular complexity index is 573. The minimum atomic E-state index is -1.26. The molecule has 0 amide bonds. The van der Waals surface area contributed by atoms with Gasteiger partial charge in [-0.25, -0.2) is 4.98 Å². The first kappa shape index (κ1) is 13.1. The monoisotopic (exact) mass is 293 g/mol. The number of carboxylic acids is 1. The number of anilines is 1. The minimum absolute atomic E-state index is 0.0965. The third-order valence-corrected chi connectivity index (χ3v) is 4.28. The van der Waals surface area contributed by atoms with Crippen LogP contribution in [0.4, 0.5) is 5.13 Å². The minimum Gasteiger partial charge on any atom is -0.542 e. The summed E-state index contributed by atoms with van der Waals surface area (Å²) in [6.07, 6.45) is 1.82. The maximum atomic E-state index is 10.7. The molecular formula is C13H15N3O3S. The van der Waals surface area contributed by atoms with Gasteiger partial charge in [0.25, 0.3) is 0 Å². The molecule has 7 heteroatoms. The summed E-state index contributed by atoms with van der Waals surface area (Å²) < 4.78 is 5.24. The third kappa shape index (κ3) is 2.83. The van der Waals surface area contributed by atoms with Crippen molar-refractivity contribution in [1.29, 1.82) is 0 Å². The van der Waals surface area contributed by atoms with Crippen LogP contribution in [0.15, 0.2) is 28.1 Å². The Kier molecular flexibility index (Phi) is 3.70. The molecule has 20 heavy (non-hydrogen) atoms. The molecule has 1 saturated heterocycles. The van der Waals surface area contributed by atoms with Gasteiger partial charge < -0.3 is 24.1 Å². The van der Waals surface area contributed by atoms with Gasteiger partial charge in [0, 0.05) is 11.6 Å². The Morgan fingerprint density at radius 3 is 2.85 bits per heavy atom. The van der Waals surface area contributed by atoms with Gasteiger partial charge in [-0.2, -0.15) is 0 Å². The SMILES string of the molecule is O=C([O-])c1ccc(C[NH+]2CCN(c3nccs3)CC2)o1. The van der Waals surface area contributed by atoms with Crippen LogP contribution in [0, 0.1) is 0 Å². The quantitative estimate of drug-likeness (QED) is 0.783. The number of hydrogen-bond donors (Lipinski definition) is 1. The average molecular weight is 293 g/mol. The number of hydrogen-bond acceptors (Lipinski definition) is 6. The van der Waals surface area contributed by atoms with Crippen LogP contribution in [0.25, 0.3) is 0 Å². The molecule has 2 aromatic rings. The first-order chi connectivity index (χ1) is 9.72. The standard InChI is InChI=1S/C13H15N3O3S/c17-12(18)11-2-1-10(19-11)9-15-4-6-16(7-5-15)13-14-3-8-20-13/h1-3,8H,4-7,9H2,(H,17,18). The summed E-state index contributed by atoms with van der Waals surface area (Å²) in [5.74, 6) is -0.664. The average Bonchev–Trinajstić information content (AvgIpc) is 3.10. The fraction of sp³-hybridized carbons (Fsp3) is 0.385. The van der Waals surface area contributed by atoms with E-state index in [1.165, 1.54) is 11.0 Å². The molecule has 0 aromatic carbocycles. The lowest BCUT2D eigenvalue weighted by atomic mass is 10.3. The highest BCUT2D eigenvalue weighted by molar-refractivity contribution is 7.13. The van der Waals surface area contributed by atoms with Crippen molar-refractivity contribution in [3.8, 4) is 0 Å². The molecule has 1 aliphatic heterocycles. The lowest BCUT2D eigenvalue weighted by Crippen LogP contribution is -3.13. The predicted octanol–water partition coefficient (Wildman–Crippen LogP) is -0.995. The van der Waals surface area contributed by atoms with Gasteiger partial charge >= 0.3 is 0 Å². The van der Waals surface area contributed by atoms with Gasteiger partial charge in [0.1, 0.15) is 18.3 Å². The molecule has 0 bridgehead atoms. The van der Waals surface area contributed by atoms with Gasteiger partial charge in [-0.3, -0.25) is 0 Å². The number of piperazine rings is 1. The number of carbonyl (C=O) groups excluding carboxylic acids is 1. The summed E-state index contributed by atoms with van der Waals surface area (Å²) in [7, 11) is 0. The normalized spacial score (nSPS) is 16.5. The number of aromatic carboxylic acids is 1. The Hall–Kier alpha value is -1.86. The van der Waals surface area contributed by atoms with Gasteiger partial charge in [-0.05, 0) is 12.1 Å². The van der Waals surface area contributed by atoms with E-state index in [4.69, 9.17) is 4.42 Å². The molecule has 1 aliphatic rings. The zero-order valence-corrected chi connectivity index (χ0v) is 11.7. The van der Waals surface area contributed by atoms with Gasteiger partial charge in [-0.1, -0.05) is 0 Å². The zero-order valence-electron chi connectivity index (χ0n) is 10.9. The molecule has 0 spiro atoms. The Morgan fingerprint density at radius 2 is 2.25 bits per heavy atom. The molecule has 0 radical (unpaired) electrons. The van der Waals surface area contributed by atoms with Crippen molar-refractivity contribution in [2.75, 3.05) is 31.1 Å². The van der Waals surface area contributed by atoms with E-state index in [0.29, 0.717) is 12.3 Å². The fourth-order valence-corrected chi connectivity index (χ4v) is 3.09. The number of nitrogens with one attached hydrogen (secondary N) is 1. The highest BCUT2D eigenvalue weighted by Crippen LogP contribution is 2.16. The number of carbonyl (C=O) groups is 1. The van der Waals surface area contributed by atoms with Gasteiger partial charge in [0.15, 0.2) is 10.9 Å². The Labute approximate surface area is 120 Å². The second-order valence-corrected chi connectivity index (χ2v) is 5.65. The molecule has 1 fully saturated rings. The molecule has 3 rings (SSSR count). The van der Waals surface area contributed by atoms with Gasteiger partial charge in [0.05, 0.1) is 26.2 Å². The van der Waals surface area contributed by atoms with E-state index in [1.54, 1.807) is 17.4 Å². The van der Waals surface area contributed by atoms with E-state index in [0.717, 1.165) is 31.3 Å². The maximum Gasteiger partial charge on any atom is 0.185 e. The molecule has 0 aliphatic carbocycles. The molecule has 0 saturated carbocycles. The van der Waals surface area contributed by atoms with Crippen LogP contribution in [-0.4, -0.2) is 37.1 Å². The summed E-state index contributed by atoms with van der Waals surface area (Å²) in [4.78, 5) is 18.6. The predicted molar refractivity (Wildman–Crippen MR) is 71.8 cm³/mol. The fourth-order valence-electron chi connectivity index (χ4n) is 2.39. The van der Waals surface area contributed by atoms with E-state index >= 15 is 0 Å². The second-order valence-electron chi connectivity index (χ2n) is 4.78. The first-order valence-electron chi connectivity index (χ1n) is 6.50. The number of quaternary nitrogens is 1. The highest BCUT2D eigenvalue weighted by Gasteiger charge is 2.22. The highest BCUT2D eigenvalue weighted by atomic mass is 32.1. The lowest BCUT2D eigenvalue weighted by Gasteiger charge is -2.31. The van der Waals surface area contributed by atoms with Crippen molar-refractivity contribution in [2.24, 2.45) is 0 Å². The number of carboxylic acid groups (broad SMARTS) is 1. The molecule has 3 heterocycles. The number of rotatable bonds is 4. The zero-order chi connectivity index (χ0) is 13.9. The first-order valence-corrected chi connectivity index (χ1v) is 7.38. The summed E-state index contributed by atoms with van der Waals surface area (Å²) in [6.45, 7) is 4.59. The van der Waals surface area contributed by atoms with Crippen LogP contribution in [-0.2, 0) is 6.54 Å². The lowest BCUT2D eigenvalue weighted by molar-refractivity contribution is -0.915. The van der Waals surface area contributed by atoms with Crippen LogP contribution in [0.3, 0.4) is 0 Å². The van der Waals surface area contributed by atoms with Crippen molar-refractivity contribution in [2.45, 2.75) is 6.54 Å². The van der Waals surface area contributed by atoms with E-state index in [2.05, 4.69) is 9.88 Å². The van der Waals surface area contributed by atoms with Gasteiger partial charge in [0.2, 0.25) is 0 Å². The molecule has 106 valence electrons. The second kappa shape index (κ2) is 5.64. The van der Waals surface area contributed by atoms with Crippen molar-refractivity contribution >= 4 is 22.4 Å². The van der Waals surface area contributed by atoms with Crippen LogP contribution >= 0.6 is 11.3 Å². The van der Waals surface area contributed by atoms with Crippen molar-refractivity contribution < 1.29 is 19.2 Å². The topological polar surface area (TPSA) is 73.8 Å². The largest absolute Gasteiger partial charge is 0.542 e. The van der Waals surface area contributed by atoms with Gasteiger partial charge in [-0.15, -0.1) is 11.3 Å². The molecule has 6 nitrogen and oxygen atoms in total. The number of nitrogens with zero attached hydrogens (tertiary/aromatic N) is 2. The molecule has 0 unspecified atom stereocenters. The van der Waals surface area contributed by atoms with Crippen molar-refractivity contribution in [3.05, 3.63) is 35.2 Å². The maximum absolute atomic E-state index is 10.7. The van der Waals surface area contributed by atoms with Crippen LogP contribution < -0.4 is 14.9 Å². The van der Waals surface area contributed by atoms with E-state index in [1.807, 2.05) is 11.6 Å². The molecular weight excluding hydrogens is 278 g/mol. The third-order valence-electron chi connectivity index (χ3n) is 3.45. The summed E-state index contributed by atoms with van der Waals surface area (Å²) in [6, 6.07) is 3.17. The number of thiazole rings is 1. The Morgan fingerprint density at radius 1 is 1.45 bits per heavy atom.